The van der Waals surface area contributed by atoms with E-state index >= 15 is 0 Å². The van der Waals surface area contributed by atoms with E-state index in [9.17, 15) is 9.90 Å². The summed E-state index contributed by atoms with van der Waals surface area (Å²) in [6, 6.07) is 0. The Bertz CT molecular complexity index is 757. The van der Waals surface area contributed by atoms with E-state index < -0.39 is 18.4 Å². The van der Waals surface area contributed by atoms with Crippen molar-refractivity contribution in [1.29, 1.82) is 0 Å². The molecule has 4 N–H and O–H groups in total. The zero-order valence-corrected chi connectivity index (χ0v) is 12.7. The SMILES string of the molecule is Cn1c(N)nc2c(nc(Br)n2[C@H]2CC(O)[C@@H](CO)O2)c1=O. The van der Waals surface area contributed by atoms with E-state index in [1.807, 2.05) is 0 Å². The molecule has 3 rings (SSSR count). The number of hydrogen-bond acceptors (Lipinski definition) is 7. The lowest BCUT2D eigenvalue weighted by molar-refractivity contribution is -0.0439. The van der Waals surface area contributed by atoms with Gasteiger partial charge >= 0.3 is 0 Å². The molecule has 9 nitrogen and oxygen atoms in total. The highest BCUT2D eigenvalue weighted by molar-refractivity contribution is 9.10. The van der Waals surface area contributed by atoms with Crippen LogP contribution in [0.5, 0.6) is 0 Å². The number of aromatic nitrogens is 4. The summed E-state index contributed by atoms with van der Waals surface area (Å²) in [7, 11) is 1.51. The number of ether oxygens (including phenoxy) is 1. The molecule has 0 aromatic carbocycles. The van der Waals surface area contributed by atoms with Crippen molar-refractivity contribution in [2.75, 3.05) is 12.3 Å². The summed E-state index contributed by atoms with van der Waals surface area (Å²) < 4.78 is 8.67. The van der Waals surface area contributed by atoms with Crippen LogP contribution in [0.4, 0.5) is 5.95 Å². The molecule has 0 radical (unpaired) electrons. The zero-order valence-electron chi connectivity index (χ0n) is 11.1. The molecule has 3 heterocycles. The number of nitrogen functional groups attached to an aromatic ring is 1. The Kier molecular flexibility index (Phi) is 3.48. The van der Waals surface area contributed by atoms with E-state index in [1.54, 1.807) is 4.57 Å². The fourth-order valence-electron chi connectivity index (χ4n) is 2.39. The predicted molar refractivity (Wildman–Crippen MR) is 76.5 cm³/mol. The van der Waals surface area contributed by atoms with Crippen LogP contribution in [0.3, 0.4) is 0 Å². The molecular formula is C11H14BrN5O4. The zero-order chi connectivity index (χ0) is 15.3. The van der Waals surface area contributed by atoms with Crippen LogP contribution in [-0.2, 0) is 11.8 Å². The maximum atomic E-state index is 12.1. The summed E-state index contributed by atoms with van der Waals surface area (Å²) in [6.07, 6.45) is -1.81. The van der Waals surface area contributed by atoms with Gasteiger partial charge in [-0.05, 0) is 15.9 Å². The fraction of sp³-hybridized carbons (Fsp3) is 0.545. The van der Waals surface area contributed by atoms with Crippen LogP contribution in [0.25, 0.3) is 11.2 Å². The van der Waals surface area contributed by atoms with Gasteiger partial charge in [0.25, 0.3) is 5.56 Å². The lowest BCUT2D eigenvalue weighted by atomic mass is 10.2. The average Bonchev–Trinajstić information content (AvgIpc) is 2.96. The van der Waals surface area contributed by atoms with E-state index in [0.717, 1.165) is 0 Å². The van der Waals surface area contributed by atoms with Crippen molar-refractivity contribution in [1.82, 2.24) is 19.1 Å². The third-order valence-electron chi connectivity index (χ3n) is 3.59. The number of rotatable bonds is 2. The van der Waals surface area contributed by atoms with E-state index in [-0.39, 0.29) is 35.7 Å². The Balaban J connectivity index is 2.16. The molecule has 1 unspecified atom stereocenters. The Hall–Kier alpha value is -1.49. The van der Waals surface area contributed by atoms with Gasteiger partial charge in [0.05, 0.1) is 12.7 Å². The van der Waals surface area contributed by atoms with Crippen molar-refractivity contribution in [2.24, 2.45) is 7.05 Å². The molecule has 10 heteroatoms. The molecule has 2 aromatic heterocycles. The van der Waals surface area contributed by atoms with Crippen LogP contribution < -0.4 is 11.3 Å². The molecule has 0 spiro atoms. The molecule has 1 aliphatic heterocycles. The van der Waals surface area contributed by atoms with Gasteiger partial charge in [-0.25, -0.2) is 4.98 Å². The predicted octanol–water partition coefficient (Wildman–Crippen LogP) is -0.885. The van der Waals surface area contributed by atoms with Gasteiger partial charge in [-0.15, -0.1) is 0 Å². The summed E-state index contributed by atoms with van der Waals surface area (Å²) in [6.45, 7) is -0.292. The third-order valence-corrected chi connectivity index (χ3v) is 4.15. The van der Waals surface area contributed by atoms with Gasteiger partial charge in [0.2, 0.25) is 5.95 Å². The highest BCUT2D eigenvalue weighted by Crippen LogP contribution is 2.33. The summed E-state index contributed by atoms with van der Waals surface area (Å²) in [5, 5.41) is 19.0. The average molecular weight is 360 g/mol. The Morgan fingerprint density at radius 3 is 2.86 bits per heavy atom. The van der Waals surface area contributed by atoms with E-state index in [2.05, 4.69) is 25.9 Å². The first kappa shape index (κ1) is 14.4. The lowest BCUT2D eigenvalue weighted by Gasteiger charge is -2.15. The summed E-state index contributed by atoms with van der Waals surface area (Å²) in [4.78, 5) is 20.4. The summed E-state index contributed by atoms with van der Waals surface area (Å²) >= 11 is 3.26. The van der Waals surface area contributed by atoms with Gasteiger partial charge in [0.1, 0.15) is 12.3 Å². The molecule has 2 aromatic rings. The Morgan fingerprint density at radius 1 is 1.52 bits per heavy atom. The molecule has 0 bridgehead atoms. The molecule has 0 saturated carbocycles. The number of nitrogens with zero attached hydrogens (tertiary/aromatic N) is 4. The van der Waals surface area contributed by atoms with Crippen LogP contribution in [0.2, 0.25) is 0 Å². The minimum Gasteiger partial charge on any atom is -0.394 e. The van der Waals surface area contributed by atoms with Crippen molar-refractivity contribution < 1.29 is 14.9 Å². The van der Waals surface area contributed by atoms with Crippen molar-refractivity contribution in [3.63, 3.8) is 0 Å². The molecule has 1 aliphatic rings. The molecule has 3 atom stereocenters. The summed E-state index contributed by atoms with van der Waals surface area (Å²) in [5.74, 6) is 0.0541. The summed E-state index contributed by atoms with van der Waals surface area (Å²) in [5.41, 5.74) is 5.78. The largest absolute Gasteiger partial charge is 0.394 e. The molecular weight excluding hydrogens is 346 g/mol. The molecule has 0 amide bonds. The van der Waals surface area contributed by atoms with Crippen LogP contribution >= 0.6 is 15.9 Å². The number of nitrogens with two attached hydrogens (primary N) is 1. The number of hydrogen-bond donors (Lipinski definition) is 3. The van der Waals surface area contributed by atoms with E-state index in [0.29, 0.717) is 4.73 Å². The highest BCUT2D eigenvalue weighted by Gasteiger charge is 2.36. The van der Waals surface area contributed by atoms with Crippen LogP contribution in [0.15, 0.2) is 9.53 Å². The topological polar surface area (TPSA) is 128 Å². The molecule has 0 aliphatic carbocycles. The standard InChI is InChI=1S/C11H14BrN5O4/c1-16-9(20)7-8(15-11(16)13)17(10(12)14-7)6-2-4(19)5(3-18)21-6/h4-6,18-19H,2-3H2,1H3,(H2,13,15)/t4?,5-,6-/m1/s1. The second-order valence-electron chi connectivity index (χ2n) is 4.87. The van der Waals surface area contributed by atoms with Gasteiger partial charge in [-0.1, -0.05) is 0 Å². The van der Waals surface area contributed by atoms with Gasteiger partial charge in [-0.2, -0.15) is 4.98 Å². The van der Waals surface area contributed by atoms with E-state index in [4.69, 9.17) is 15.6 Å². The minimum absolute atomic E-state index is 0.0541. The van der Waals surface area contributed by atoms with Crippen molar-refractivity contribution in [3.05, 3.63) is 15.1 Å². The monoisotopic (exact) mass is 359 g/mol. The van der Waals surface area contributed by atoms with Crippen molar-refractivity contribution >= 4 is 33.0 Å². The first-order valence-electron chi connectivity index (χ1n) is 6.28. The number of imidazole rings is 1. The molecule has 1 fully saturated rings. The number of aliphatic hydroxyl groups excluding tert-OH is 2. The van der Waals surface area contributed by atoms with Gasteiger partial charge in [0.15, 0.2) is 15.9 Å². The van der Waals surface area contributed by atoms with Gasteiger partial charge < -0.3 is 20.7 Å². The van der Waals surface area contributed by atoms with Crippen molar-refractivity contribution in [2.45, 2.75) is 24.9 Å². The number of aliphatic hydroxyl groups is 2. The smallest absolute Gasteiger partial charge is 0.282 e. The lowest BCUT2D eigenvalue weighted by Crippen LogP contribution is -2.24. The number of fused-ring (bicyclic) bond motifs is 1. The highest BCUT2D eigenvalue weighted by atomic mass is 79.9. The number of halogens is 1. The fourth-order valence-corrected chi connectivity index (χ4v) is 2.96. The second-order valence-corrected chi connectivity index (χ2v) is 5.58. The minimum atomic E-state index is -0.798. The maximum absolute atomic E-state index is 12.1. The first-order valence-corrected chi connectivity index (χ1v) is 7.07. The maximum Gasteiger partial charge on any atom is 0.282 e. The number of anilines is 1. The van der Waals surface area contributed by atoms with Crippen LogP contribution in [0.1, 0.15) is 12.6 Å². The Labute approximate surface area is 127 Å². The van der Waals surface area contributed by atoms with Crippen molar-refractivity contribution in [3.8, 4) is 0 Å². The third kappa shape index (κ3) is 2.14. The first-order chi connectivity index (χ1) is 9.93. The Morgan fingerprint density at radius 2 is 2.24 bits per heavy atom. The van der Waals surface area contributed by atoms with Gasteiger partial charge in [0, 0.05) is 13.5 Å². The normalized spacial score (nSPS) is 25.8. The van der Waals surface area contributed by atoms with Crippen LogP contribution in [0, 0.1) is 0 Å². The van der Waals surface area contributed by atoms with E-state index in [1.165, 1.54) is 11.6 Å². The molecule has 114 valence electrons. The molecule has 1 saturated heterocycles. The quantitative estimate of drug-likeness (QED) is 0.593. The second kappa shape index (κ2) is 5.05. The van der Waals surface area contributed by atoms with Gasteiger partial charge in [-0.3, -0.25) is 13.9 Å². The van der Waals surface area contributed by atoms with Crippen LogP contribution in [-0.4, -0.2) is 48.1 Å². The molecule has 21 heavy (non-hydrogen) atoms.